The van der Waals surface area contributed by atoms with Gasteiger partial charge in [0.05, 0.1) is 0 Å². The van der Waals surface area contributed by atoms with Gasteiger partial charge in [-0.2, -0.15) is 0 Å². The standard InChI is InChI=1S/C10H8.C4H10O.Na.H/c1-2-6-10-8-4-3-7-9(10)5-1;1-3-5-4-2;;/h1-8H;3-4H2,1-2H3;;. The summed E-state index contributed by atoms with van der Waals surface area (Å²) < 4.78 is 4.83. The normalized spacial score (nSPS) is 8.88. The van der Waals surface area contributed by atoms with Crippen molar-refractivity contribution in [3.63, 3.8) is 0 Å². The molecule has 0 amide bonds. The SMILES string of the molecule is CCOCC.[NaH].c1ccc2ccccc2c1. The Labute approximate surface area is 120 Å². The van der Waals surface area contributed by atoms with Crippen LogP contribution in [0.1, 0.15) is 13.8 Å². The fraction of sp³-hybridized carbons (Fsp3) is 0.286. The van der Waals surface area contributed by atoms with Gasteiger partial charge in [-0.05, 0) is 24.6 Å². The van der Waals surface area contributed by atoms with Crippen molar-refractivity contribution in [2.45, 2.75) is 13.8 Å². The van der Waals surface area contributed by atoms with Gasteiger partial charge in [0.2, 0.25) is 0 Å². The van der Waals surface area contributed by atoms with Gasteiger partial charge >= 0.3 is 29.6 Å². The molecule has 0 N–H and O–H groups in total. The molecule has 2 aromatic rings. The number of hydrogen-bond donors (Lipinski definition) is 0. The van der Waals surface area contributed by atoms with Gasteiger partial charge in [0.1, 0.15) is 0 Å². The smallest absolute Gasteiger partial charge is 0.0184 e. The van der Waals surface area contributed by atoms with Crippen LogP contribution in [0.25, 0.3) is 10.8 Å². The van der Waals surface area contributed by atoms with Crippen LogP contribution in [0.4, 0.5) is 0 Å². The van der Waals surface area contributed by atoms with E-state index >= 15 is 0 Å². The van der Waals surface area contributed by atoms with Crippen LogP contribution >= 0.6 is 0 Å². The molecule has 0 radical (unpaired) electrons. The molecule has 0 heterocycles. The summed E-state index contributed by atoms with van der Waals surface area (Å²) >= 11 is 0. The summed E-state index contributed by atoms with van der Waals surface area (Å²) in [7, 11) is 0. The first-order valence-corrected chi connectivity index (χ1v) is 5.40. The molecule has 2 heteroatoms. The Morgan fingerprint density at radius 3 is 1.25 bits per heavy atom. The molecular formula is C14H19NaO. The second-order valence-electron chi connectivity index (χ2n) is 3.13. The molecule has 16 heavy (non-hydrogen) atoms. The van der Waals surface area contributed by atoms with Crippen LogP contribution in [-0.2, 0) is 4.74 Å². The zero-order chi connectivity index (χ0) is 10.9. The number of rotatable bonds is 2. The van der Waals surface area contributed by atoms with E-state index in [-0.39, 0.29) is 29.6 Å². The van der Waals surface area contributed by atoms with Crippen molar-refractivity contribution >= 4 is 40.3 Å². The van der Waals surface area contributed by atoms with Gasteiger partial charge in [-0.3, -0.25) is 0 Å². The number of benzene rings is 2. The van der Waals surface area contributed by atoms with E-state index in [1.165, 1.54) is 10.8 Å². The molecule has 2 rings (SSSR count). The molecule has 2 aromatic carbocycles. The van der Waals surface area contributed by atoms with Crippen LogP contribution in [0.3, 0.4) is 0 Å². The maximum Gasteiger partial charge on any atom is -0.0184 e. The summed E-state index contributed by atoms with van der Waals surface area (Å²) in [5.74, 6) is 0. The van der Waals surface area contributed by atoms with Gasteiger partial charge in [-0.1, -0.05) is 48.5 Å². The summed E-state index contributed by atoms with van der Waals surface area (Å²) in [6.45, 7) is 5.67. The molecule has 0 atom stereocenters. The average Bonchev–Trinajstić information content (AvgIpc) is 2.31. The fourth-order valence-corrected chi connectivity index (χ4v) is 1.34. The molecular weight excluding hydrogens is 207 g/mol. The van der Waals surface area contributed by atoms with E-state index in [1.807, 2.05) is 13.8 Å². The first kappa shape index (κ1) is 15.7. The molecule has 0 fully saturated rings. The summed E-state index contributed by atoms with van der Waals surface area (Å²) in [5, 5.41) is 2.62. The molecule has 0 aromatic heterocycles. The third-order valence-corrected chi connectivity index (χ3v) is 2.07. The van der Waals surface area contributed by atoms with Gasteiger partial charge in [0.25, 0.3) is 0 Å². The number of hydrogen-bond acceptors (Lipinski definition) is 1. The van der Waals surface area contributed by atoms with Crippen molar-refractivity contribution in [3.05, 3.63) is 48.5 Å². The Balaban J connectivity index is 0.000000330. The first-order valence-electron chi connectivity index (χ1n) is 5.40. The van der Waals surface area contributed by atoms with E-state index in [0.717, 1.165) is 13.2 Å². The van der Waals surface area contributed by atoms with Crippen molar-refractivity contribution < 1.29 is 4.74 Å². The molecule has 1 nitrogen and oxygen atoms in total. The van der Waals surface area contributed by atoms with Gasteiger partial charge < -0.3 is 4.74 Å². The van der Waals surface area contributed by atoms with Gasteiger partial charge in [0, 0.05) is 13.2 Å². The molecule has 0 aliphatic heterocycles. The van der Waals surface area contributed by atoms with E-state index in [0.29, 0.717) is 0 Å². The van der Waals surface area contributed by atoms with Crippen molar-refractivity contribution in [1.29, 1.82) is 0 Å². The fourth-order valence-electron chi connectivity index (χ4n) is 1.34. The summed E-state index contributed by atoms with van der Waals surface area (Å²) in [5.41, 5.74) is 0. The van der Waals surface area contributed by atoms with Gasteiger partial charge in [-0.25, -0.2) is 0 Å². The minimum Gasteiger partial charge on any atom is -0.0616 e. The number of ether oxygens (including phenoxy) is 1. The predicted octanol–water partition coefficient (Wildman–Crippen LogP) is 3.23. The third-order valence-electron chi connectivity index (χ3n) is 2.07. The summed E-state index contributed by atoms with van der Waals surface area (Å²) in [4.78, 5) is 0. The van der Waals surface area contributed by atoms with Gasteiger partial charge in [-0.15, -0.1) is 0 Å². The van der Waals surface area contributed by atoms with E-state index in [2.05, 4.69) is 48.5 Å². The average molecular weight is 226 g/mol. The minimum atomic E-state index is 0. The maximum atomic E-state index is 4.83. The van der Waals surface area contributed by atoms with Gasteiger partial charge in [0.15, 0.2) is 0 Å². The minimum absolute atomic E-state index is 0. The maximum absolute atomic E-state index is 4.83. The van der Waals surface area contributed by atoms with Crippen LogP contribution < -0.4 is 0 Å². The molecule has 0 unspecified atom stereocenters. The van der Waals surface area contributed by atoms with Crippen LogP contribution in [0, 0.1) is 0 Å². The Bertz CT molecular complexity index is 320. The summed E-state index contributed by atoms with van der Waals surface area (Å²) in [6.07, 6.45) is 0. The second-order valence-corrected chi connectivity index (χ2v) is 3.13. The molecule has 0 bridgehead atoms. The Hall–Kier alpha value is -0.340. The van der Waals surface area contributed by atoms with E-state index in [9.17, 15) is 0 Å². The number of fused-ring (bicyclic) bond motifs is 1. The molecule has 0 aliphatic carbocycles. The molecule has 0 aliphatic rings. The molecule has 0 saturated carbocycles. The zero-order valence-corrected chi connectivity index (χ0v) is 9.44. The monoisotopic (exact) mass is 226 g/mol. The van der Waals surface area contributed by atoms with Crippen LogP contribution in [-0.4, -0.2) is 42.8 Å². The topological polar surface area (TPSA) is 9.23 Å². The predicted molar refractivity (Wildman–Crippen MR) is 73.3 cm³/mol. The Kier molecular flexibility index (Phi) is 9.65. The van der Waals surface area contributed by atoms with Crippen molar-refractivity contribution in [2.75, 3.05) is 13.2 Å². The third kappa shape index (κ3) is 5.66. The Morgan fingerprint density at radius 1 is 0.750 bits per heavy atom. The quantitative estimate of drug-likeness (QED) is 0.714. The van der Waals surface area contributed by atoms with Crippen LogP contribution in [0.15, 0.2) is 48.5 Å². The Morgan fingerprint density at radius 2 is 1.06 bits per heavy atom. The van der Waals surface area contributed by atoms with Crippen molar-refractivity contribution in [2.24, 2.45) is 0 Å². The molecule has 0 spiro atoms. The van der Waals surface area contributed by atoms with E-state index in [1.54, 1.807) is 0 Å². The van der Waals surface area contributed by atoms with E-state index in [4.69, 9.17) is 4.74 Å². The second kappa shape index (κ2) is 9.86. The summed E-state index contributed by atoms with van der Waals surface area (Å²) in [6, 6.07) is 16.7. The molecule has 82 valence electrons. The van der Waals surface area contributed by atoms with E-state index < -0.39 is 0 Å². The van der Waals surface area contributed by atoms with Crippen LogP contribution in [0.2, 0.25) is 0 Å². The van der Waals surface area contributed by atoms with Crippen molar-refractivity contribution in [3.8, 4) is 0 Å². The van der Waals surface area contributed by atoms with Crippen LogP contribution in [0.5, 0.6) is 0 Å². The molecule has 0 saturated heterocycles. The largest absolute Gasteiger partial charge is 0.0616 e. The zero-order valence-electron chi connectivity index (χ0n) is 9.44. The van der Waals surface area contributed by atoms with Crippen molar-refractivity contribution in [1.82, 2.24) is 0 Å². The first-order chi connectivity index (χ1) is 7.38.